The Morgan fingerprint density at radius 1 is 1.11 bits per heavy atom. The third-order valence-electron chi connectivity index (χ3n) is 4.66. The summed E-state index contributed by atoms with van der Waals surface area (Å²) in [7, 11) is 3.07. The van der Waals surface area contributed by atoms with Crippen molar-refractivity contribution in [2.24, 2.45) is 0 Å². The van der Waals surface area contributed by atoms with Crippen LogP contribution in [0.25, 0.3) is 0 Å². The third-order valence-corrected chi connectivity index (χ3v) is 4.66. The molecule has 2 aromatic rings. The third kappa shape index (κ3) is 4.30. The van der Waals surface area contributed by atoms with Gasteiger partial charge in [-0.2, -0.15) is 5.10 Å². The van der Waals surface area contributed by atoms with Crippen molar-refractivity contribution < 1.29 is 19.1 Å². The number of carbonyl (C=O) groups is 2. The van der Waals surface area contributed by atoms with E-state index in [0.717, 1.165) is 0 Å². The van der Waals surface area contributed by atoms with Gasteiger partial charge in [0.15, 0.2) is 11.5 Å². The molecule has 2 N–H and O–H groups in total. The van der Waals surface area contributed by atoms with Crippen LogP contribution in [0, 0.1) is 0 Å². The summed E-state index contributed by atoms with van der Waals surface area (Å²) in [5, 5.41) is 8.85. The number of aromatic amines is 1. The van der Waals surface area contributed by atoms with Gasteiger partial charge in [0.05, 0.1) is 14.2 Å². The van der Waals surface area contributed by atoms with Crippen LogP contribution in [-0.4, -0.2) is 60.3 Å². The second-order valence-electron chi connectivity index (χ2n) is 6.42. The van der Waals surface area contributed by atoms with Crippen LogP contribution in [0.3, 0.4) is 0 Å². The lowest BCUT2D eigenvalue weighted by molar-refractivity contribution is 0.0697. The number of carbonyl (C=O) groups excluding carboxylic acids is 2. The summed E-state index contributed by atoms with van der Waals surface area (Å²) in [4.78, 5) is 37.7. The largest absolute Gasteiger partial charge is 0.493 e. The molecule has 1 aliphatic heterocycles. The molecule has 1 saturated heterocycles. The number of likely N-dealkylation sites (tertiary alicyclic amines) is 1. The summed E-state index contributed by atoms with van der Waals surface area (Å²) in [6, 6.07) is 7.65. The van der Waals surface area contributed by atoms with E-state index in [2.05, 4.69) is 15.5 Å². The average Bonchev–Trinajstić information content (AvgIpc) is 2.73. The molecule has 1 aromatic heterocycles. The number of ether oxygens (including phenoxy) is 2. The Hall–Kier alpha value is -3.36. The minimum Gasteiger partial charge on any atom is -0.493 e. The molecule has 0 bridgehead atoms. The van der Waals surface area contributed by atoms with Crippen molar-refractivity contribution in [1.29, 1.82) is 0 Å². The van der Waals surface area contributed by atoms with Crippen LogP contribution in [0.4, 0.5) is 0 Å². The first kappa shape index (κ1) is 19.4. The van der Waals surface area contributed by atoms with Crippen molar-refractivity contribution in [2.75, 3.05) is 27.3 Å². The van der Waals surface area contributed by atoms with E-state index < -0.39 is 0 Å². The van der Waals surface area contributed by atoms with Gasteiger partial charge in [0.2, 0.25) is 0 Å². The Balaban J connectivity index is 1.57. The van der Waals surface area contributed by atoms with E-state index in [1.54, 1.807) is 30.2 Å². The molecule has 0 unspecified atom stereocenters. The van der Waals surface area contributed by atoms with Crippen molar-refractivity contribution >= 4 is 11.8 Å². The Kier molecular flexibility index (Phi) is 5.93. The van der Waals surface area contributed by atoms with Gasteiger partial charge in [-0.25, -0.2) is 5.10 Å². The summed E-state index contributed by atoms with van der Waals surface area (Å²) in [5.41, 5.74) is 0.319. The Morgan fingerprint density at radius 3 is 2.43 bits per heavy atom. The number of nitrogens with one attached hydrogen (secondary N) is 2. The van der Waals surface area contributed by atoms with Crippen molar-refractivity contribution in [3.05, 3.63) is 51.9 Å². The number of benzene rings is 1. The molecule has 0 atom stereocenters. The zero-order chi connectivity index (χ0) is 20.1. The van der Waals surface area contributed by atoms with Crippen LogP contribution in [0.2, 0.25) is 0 Å². The van der Waals surface area contributed by atoms with Crippen molar-refractivity contribution in [1.82, 2.24) is 20.4 Å². The molecular weight excluding hydrogens is 364 g/mol. The van der Waals surface area contributed by atoms with Gasteiger partial charge in [-0.1, -0.05) is 0 Å². The number of methoxy groups -OCH3 is 2. The Morgan fingerprint density at radius 2 is 1.82 bits per heavy atom. The highest BCUT2D eigenvalue weighted by Crippen LogP contribution is 2.28. The lowest BCUT2D eigenvalue weighted by atomic mass is 10.0. The fourth-order valence-corrected chi connectivity index (χ4v) is 3.11. The van der Waals surface area contributed by atoms with Gasteiger partial charge in [0.1, 0.15) is 5.69 Å². The van der Waals surface area contributed by atoms with Crippen molar-refractivity contribution in [3.8, 4) is 11.5 Å². The van der Waals surface area contributed by atoms with Crippen LogP contribution in [-0.2, 0) is 0 Å². The number of nitrogens with zero attached hydrogens (tertiary/aromatic N) is 2. The minimum atomic E-state index is -0.362. The van der Waals surface area contributed by atoms with E-state index in [4.69, 9.17) is 9.47 Å². The summed E-state index contributed by atoms with van der Waals surface area (Å²) in [5.74, 6) is 0.634. The highest BCUT2D eigenvalue weighted by molar-refractivity contribution is 5.95. The molecule has 0 radical (unpaired) electrons. The van der Waals surface area contributed by atoms with E-state index in [1.807, 2.05) is 0 Å². The predicted molar refractivity (Wildman–Crippen MR) is 101 cm³/mol. The van der Waals surface area contributed by atoms with Crippen LogP contribution >= 0.6 is 0 Å². The zero-order valence-corrected chi connectivity index (χ0v) is 15.7. The van der Waals surface area contributed by atoms with Gasteiger partial charge < -0.3 is 19.7 Å². The molecule has 0 saturated carbocycles. The number of hydrogen-bond donors (Lipinski definition) is 2. The summed E-state index contributed by atoms with van der Waals surface area (Å²) >= 11 is 0. The van der Waals surface area contributed by atoms with Gasteiger partial charge in [-0.05, 0) is 37.1 Å². The smallest absolute Gasteiger partial charge is 0.271 e. The van der Waals surface area contributed by atoms with E-state index in [0.29, 0.717) is 43.0 Å². The van der Waals surface area contributed by atoms with Crippen LogP contribution in [0.1, 0.15) is 33.7 Å². The average molecular weight is 386 g/mol. The van der Waals surface area contributed by atoms with Gasteiger partial charge in [0.25, 0.3) is 17.4 Å². The molecule has 28 heavy (non-hydrogen) atoms. The van der Waals surface area contributed by atoms with Crippen molar-refractivity contribution in [3.63, 3.8) is 0 Å². The van der Waals surface area contributed by atoms with Crippen LogP contribution < -0.4 is 20.3 Å². The fraction of sp³-hybridized carbons (Fsp3) is 0.368. The molecule has 148 valence electrons. The first-order chi connectivity index (χ1) is 13.5. The molecule has 9 nitrogen and oxygen atoms in total. The SMILES string of the molecule is COc1ccc(C(=O)N2CCC(NC(=O)c3ccc(=O)[nH]n3)CC2)cc1OC. The number of amides is 2. The fourth-order valence-electron chi connectivity index (χ4n) is 3.11. The van der Waals surface area contributed by atoms with Crippen LogP contribution in [0.5, 0.6) is 11.5 Å². The minimum absolute atomic E-state index is 0.0596. The first-order valence-electron chi connectivity index (χ1n) is 8.89. The Labute approximate surface area is 161 Å². The highest BCUT2D eigenvalue weighted by Gasteiger charge is 2.25. The quantitative estimate of drug-likeness (QED) is 0.787. The second kappa shape index (κ2) is 8.55. The summed E-state index contributed by atoms with van der Waals surface area (Å²) in [6.45, 7) is 1.05. The highest BCUT2D eigenvalue weighted by atomic mass is 16.5. The molecule has 3 rings (SSSR count). The van der Waals surface area contributed by atoms with Gasteiger partial charge in [-0.3, -0.25) is 14.4 Å². The molecule has 2 heterocycles. The molecule has 2 amide bonds. The molecule has 1 fully saturated rings. The molecular formula is C19H22N4O5. The standard InChI is InChI=1S/C19H22N4O5/c1-27-15-5-3-12(11-16(15)28-2)19(26)23-9-7-13(8-10-23)20-18(25)14-4-6-17(24)22-21-14/h3-6,11,13H,7-10H2,1-2H3,(H,20,25)(H,22,24). The molecule has 1 aromatic carbocycles. The molecule has 1 aliphatic rings. The Bertz CT molecular complexity index is 898. The summed E-state index contributed by atoms with van der Waals surface area (Å²) in [6.07, 6.45) is 1.27. The lowest BCUT2D eigenvalue weighted by Crippen LogP contribution is -2.46. The number of hydrogen-bond acceptors (Lipinski definition) is 6. The zero-order valence-electron chi connectivity index (χ0n) is 15.7. The number of aromatic nitrogens is 2. The number of piperidine rings is 1. The van der Waals surface area contributed by atoms with E-state index >= 15 is 0 Å². The van der Waals surface area contributed by atoms with Crippen molar-refractivity contribution in [2.45, 2.75) is 18.9 Å². The predicted octanol–water partition coefficient (Wildman–Crippen LogP) is 0.822. The monoisotopic (exact) mass is 386 g/mol. The van der Waals surface area contributed by atoms with E-state index in [9.17, 15) is 14.4 Å². The number of rotatable bonds is 5. The van der Waals surface area contributed by atoms with Gasteiger partial charge >= 0.3 is 0 Å². The molecule has 0 spiro atoms. The maximum atomic E-state index is 12.7. The van der Waals surface area contributed by atoms with E-state index in [-0.39, 0.29) is 29.1 Å². The maximum Gasteiger partial charge on any atom is 0.271 e. The first-order valence-corrected chi connectivity index (χ1v) is 8.89. The summed E-state index contributed by atoms with van der Waals surface area (Å²) < 4.78 is 10.4. The lowest BCUT2D eigenvalue weighted by Gasteiger charge is -2.32. The van der Waals surface area contributed by atoms with Gasteiger partial charge in [-0.15, -0.1) is 0 Å². The topological polar surface area (TPSA) is 114 Å². The van der Waals surface area contributed by atoms with Gasteiger partial charge in [0, 0.05) is 30.8 Å². The molecule has 9 heteroatoms. The molecule has 0 aliphatic carbocycles. The normalized spacial score (nSPS) is 14.4. The van der Waals surface area contributed by atoms with E-state index in [1.165, 1.54) is 19.2 Å². The van der Waals surface area contributed by atoms with Crippen LogP contribution in [0.15, 0.2) is 35.1 Å². The number of H-pyrrole nitrogens is 1. The maximum absolute atomic E-state index is 12.7. The second-order valence-corrected chi connectivity index (χ2v) is 6.42.